The van der Waals surface area contributed by atoms with Crippen LogP contribution < -0.4 is 5.73 Å². The van der Waals surface area contributed by atoms with Crippen LogP contribution in [0.25, 0.3) is 0 Å². The molecule has 2 N–H and O–H groups in total. The van der Waals surface area contributed by atoms with Crippen molar-refractivity contribution in [3.05, 3.63) is 17.2 Å². The van der Waals surface area contributed by atoms with Crippen LogP contribution in [0.4, 0.5) is 0 Å². The normalized spacial score (nSPS) is 11.2. The van der Waals surface area contributed by atoms with Gasteiger partial charge in [0.25, 0.3) is 0 Å². The zero-order chi connectivity index (χ0) is 10.0. The van der Waals surface area contributed by atoms with Crippen molar-refractivity contribution in [1.82, 2.24) is 9.55 Å². The van der Waals surface area contributed by atoms with Crippen molar-refractivity contribution in [3.63, 3.8) is 0 Å². The van der Waals surface area contributed by atoms with Crippen molar-refractivity contribution in [2.45, 2.75) is 33.1 Å². The Bertz CT molecular complexity index is 287. The smallest absolute Gasteiger partial charge is 0.111 e. The van der Waals surface area contributed by atoms with Crippen molar-refractivity contribution >= 4 is 0 Å². The van der Waals surface area contributed by atoms with Gasteiger partial charge in [-0.15, -0.1) is 0 Å². The second-order valence-electron chi connectivity index (χ2n) is 3.75. The molecule has 0 saturated heterocycles. The number of aryl methyl sites for hydroxylation is 1. The maximum absolute atomic E-state index is 5.54. The van der Waals surface area contributed by atoms with E-state index in [4.69, 9.17) is 5.73 Å². The van der Waals surface area contributed by atoms with Crippen LogP contribution in [-0.4, -0.2) is 16.1 Å². The molecule has 0 aliphatic heterocycles. The Kier molecular flexibility index (Phi) is 3.09. The summed E-state index contributed by atoms with van der Waals surface area (Å²) in [5.74, 6) is 1.64. The Morgan fingerprint density at radius 3 is 2.46 bits per heavy atom. The monoisotopic (exact) mass is 181 g/mol. The van der Waals surface area contributed by atoms with Gasteiger partial charge in [0.2, 0.25) is 0 Å². The van der Waals surface area contributed by atoms with Gasteiger partial charge in [-0.1, -0.05) is 13.8 Å². The van der Waals surface area contributed by atoms with Gasteiger partial charge in [0.05, 0.1) is 5.69 Å². The molecule has 1 aromatic rings. The Hall–Kier alpha value is -0.830. The van der Waals surface area contributed by atoms with Gasteiger partial charge in [-0.3, -0.25) is 0 Å². The summed E-state index contributed by atoms with van der Waals surface area (Å²) >= 11 is 0. The van der Waals surface area contributed by atoms with Crippen LogP contribution in [-0.2, 0) is 13.5 Å². The van der Waals surface area contributed by atoms with Crippen LogP contribution in [0.1, 0.15) is 37.0 Å². The number of hydrogen-bond acceptors (Lipinski definition) is 2. The first-order valence-electron chi connectivity index (χ1n) is 4.80. The fraction of sp³-hybridized carbons (Fsp3) is 0.700. The zero-order valence-corrected chi connectivity index (χ0v) is 8.96. The van der Waals surface area contributed by atoms with E-state index in [1.807, 2.05) is 0 Å². The van der Waals surface area contributed by atoms with Crippen molar-refractivity contribution in [1.29, 1.82) is 0 Å². The predicted molar refractivity (Wildman–Crippen MR) is 54.8 cm³/mol. The molecule has 0 amide bonds. The molecule has 0 fully saturated rings. The summed E-state index contributed by atoms with van der Waals surface area (Å²) in [7, 11) is 2.07. The molecule has 13 heavy (non-hydrogen) atoms. The van der Waals surface area contributed by atoms with E-state index in [-0.39, 0.29) is 0 Å². The number of rotatable bonds is 3. The topological polar surface area (TPSA) is 43.8 Å². The molecule has 3 nitrogen and oxygen atoms in total. The minimum absolute atomic E-state index is 0.482. The summed E-state index contributed by atoms with van der Waals surface area (Å²) in [4.78, 5) is 4.54. The minimum atomic E-state index is 0.482. The van der Waals surface area contributed by atoms with E-state index >= 15 is 0 Å². The van der Waals surface area contributed by atoms with E-state index < -0.39 is 0 Å². The minimum Gasteiger partial charge on any atom is -0.335 e. The van der Waals surface area contributed by atoms with Gasteiger partial charge in [0.15, 0.2) is 0 Å². The first-order chi connectivity index (χ1) is 6.07. The molecule has 0 aliphatic rings. The van der Waals surface area contributed by atoms with E-state index in [1.54, 1.807) is 0 Å². The van der Waals surface area contributed by atoms with Crippen LogP contribution in [0.3, 0.4) is 0 Å². The van der Waals surface area contributed by atoms with E-state index in [2.05, 4.69) is 37.4 Å². The third kappa shape index (κ3) is 1.91. The quantitative estimate of drug-likeness (QED) is 0.765. The molecule has 0 unspecified atom stereocenters. The molecule has 0 atom stereocenters. The molecule has 0 saturated carbocycles. The highest BCUT2D eigenvalue weighted by Crippen LogP contribution is 2.17. The lowest BCUT2D eigenvalue weighted by Crippen LogP contribution is -2.09. The predicted octanol–water partition coefficient (Wildman–Crippen LogP) is 1.35. The summed E-state index contributed by atoms with van der Waals surface area (Å²) in [6.07, 6.45) is 0.919. The van der Waals surface area contributed by atoms with Crippen LogP contribution in [0, 0.1) is 6.92 Å². The third-order valence-corrected chi connectivity index (χ3v) is 2.35. The molecule has 1 aromatic heterocycles. The van der Waals surface area contributed by atoms with Gasteiger partial charge >= 0.3 is 0 Å². The molecule has 0 aliphatic carbocycles. The maximum atomic E-state index is 5.54. The van der Waals surface area contributed by atoms with Crippen molar-refractivity contribution in [2.75, 3.05) is 6.54 Å². The van der Waals surface area contributed by atoms with Crippen LogP contribution in [0.5, 0.6) is 0 Å². The van der Waals surface area contributed by atoms with Gasteiger partial charge in [-0.05, 0) is 13.5 Å². The lowest BCUT2D eigenvalue weighted by molar-refractivity contribution is 0.686. The highest BCUT2D eigenvalue weighted by molar-refractivity contribution is 5.17. The van der Waals surface area contributed by atoms with E-state index in [0.29, 0.717) is 12.5 Å². The summed E-state index contributed by atoms with van der Waals surface area (Å²) in [6, 6.07) is 0. The van der Waals surface area contributed by atoms with E-state index in [1.165, 1.54) is 5.69 Å². The highest BCUT2D eigenvalue weighted by Gasteiger charge is 2.12. The third-order valence-electron chi connectivity index (χ3n) is 2.35. The molecule has 3 heteroatoms. The number of nitrogens with two attached hydrogens (primary N) is 1. The van der Waals surface area contributed by atoms with Gasteiger partial charge in [-0.2, -0.15) is 0 Å². The van der Waals surface area contributed by atoms with Gasteiger partial charge in [0, 0.05) is 25.1 Å². The first-order valence-corrected chi connectivity index (χ1v) is 4.80. The van der Waals surface area contributed by atoms with E-state index in [9.17, 15) is 0 Å². The molecule has 0 bridgehead atoms. The van der Waals surface area contributed by atoms with Crippen LogP contribution >= 0.6 is 0 Å². The van der Waals surface area contributed by atoms with Gasteiger partial charge in [0.1, 0.15) is 5.82 Å². The second kappa shape index (κ2) is 3.92. The van der Waals surface area contributed by atoms with Crippen LogP contribution in [0.2, 0.25) is 0 Å². The standard InChI is InChI=1S/C10H19N3/c1-7(2)10-12-8(3)9(5-6-11)13(10)4/h7H,5-6,11H2,1-4H3. The molecule has 1 heterocycles. The molecular weight excluding hydrogens is 162 g/mol. The summed E-state index contributed by atoms with van der Waals surface area (Å²) in [5, 5.41) is 0. The average Bonchev–Trinajstić information content (AvgIpc) is 2.32. The number of aromatic nitrogens is 2. The molecular formula is C10H19N3. The van der Waals surface area contributed by atoms with Crippen LogP contribution in [0.15, 0.2) is 0 Å². The Morgan fingerprint density at radius 2 is 2.08 bits per heavy atom. The first kappa shape index (κ1) is 10.3. The summed E-state index contributed by atoms with van der Waals surface area (Å²) in [6.45, 7) is 7.07. The number of imidazole rings is 1. The molecule has 1 rings (SSSR count). The summed E-state index contributed by atoms with van der Waals surface area (Å²) < 4.78 is 2.17. The number of hydrogen-bond donors (Lipinski definition) is 1. The lowest BCUT2D eigenvalue weighted by atomic mass is 10.2. The molecule has 0 radical (unpaired) electrons. The molecule has 0 aromatic carbocycles. The SMILES string of the molecule is Cc1nc(C(C)C)n(C)c1CCN. The fourth-order valence-corrected chi connectivity index (χ4v) is 1.69. The van der Waals surface area contributed by atoms with Gasteiger partial charge < -0.3 is 10.3 Å². The summed E-state index contributed by atoms with van der Waals surface area (Å²) in [5.41, 5.74) is 7.93. The highest BCUT2D eigenvalue weighted by atomic mass is 15.1. The fourth-order valence-electron chi connectivity index (χ4n) is 1.69. The zero-order valence-electron chi connectivity index (χ0n) is 8.96. The second-order valence-corrected chi connectivity index (χ2v) is 3.75. The van der Waals surface area contributed by atoms with Gasteiger partial charge in [-0.25, -0.2) is 4.98 Å². The van der Waals surface area contributed by atoms with E-state index in [0.717, 1.165) is 17.9 Å². The lowest BCUT2D eigenvalue weighted by Gasteiger charge is -2.07. The Balaban J connectivity index is 3.07. The van der Waals surface area contributed by atoms with Crippen molar-refractivity contribution in [2.24, 2.45) is 12.8 Å². The Labute approximate surface area is 80.0 Å². The average molecular weight is 181 g/mol. The van der Waals surface area contributed by atoms with Crippen molar-refractivity contribution < 1.29 is 0 Å². The molecule has 74 valence electrons. The van der Waals surface area contributed by atoms with Crippen molar-refractivity contribution in [3.8, 4) is 0 Å². The largest absolute Gasteiger partial charge is 0.335 e. The maximum Gasteiger partial charge on any atom is 0.111 e. The number of nitrogens with zero attached hydrogens (tertiary/aromatic N) is 2. The Morgan fingerprint density at radius 1 is 1.46 bits per heavy atom. The molecule has 0 spiro atoms.